The highest BCUT2D eigenvalue weighted by Gasteiger charge is 2.35. The summed E-state index contributed by atoms with van der Waals surface area (Å²) < 4.78 is 42.2. The van der Waals surface area contributed by atoms with Gasteiger partial charge in [-0.25, -0.2) is 9.50 Å². The molecule has 0 radical (unpaired) electrons. The minimum Gasteiger partial charge on any atom is -0.326 e. The number of allylic oxidation sites excluding steroid dienone is 3. The first-order chi connectivity index (χ1) is 19.0. The van der Waals surface area contributed by atoms with Crippen molar-refractivity contribution >= 4 is 11.6 Å². The maximum atomic E-state index is 13.5. The lowest BCUT2D eigenvalue weighted by atomic mass is 10.1. The van der Waals surface area contributed by atoms with Crippen LogP contribution < -0.4 is 5.32 Å². The van der Waals surface area contributed by atoms with Gasteiger partial charge in [0.2, 0.25) is 0 Å². The van der Waals surface area contributed by atoms with E-state index in [1.165, 1.54) is 24.5 Å². The van der Waals surface area contributed by atoms with Gasteiger partial charge in [-0.3, -0.25) is 14.7 Å². The Morgan fingerprint density at radius 3 is 2.77 bits per heavy atom. The second kappa shape index (κ2) is 12.3. The lowest BCUT2D eigenvalue weighted by molar-refractivity contribution is -0.0893. The molecule has 0 spiro atoms. The fourth-order valence-electron chi connectivity index (χ4n) is 4.25. The van der Waals surface area contributed by atoms with Crippen LogP contribution in [0.2, 0.25) is 0 Å². The number of pyridine rings is 1. The molecule has 4 heterocycles. The molecule has 4 rings (SSSR count). The Morgan fingerprint density at radius 1 is 1.25 bits per heavy atom. The average molecular weight is 550 g/mol. The summed E-state index contributed by atoms with van der Waals surface area (Å²) in [7, 11) is 3.93. The van der Waals surface area contributed by atoms with Crippen molar-refractivity contribution in [3.05, 3.63) is 95.4 Å². The number of aromatic nitrogens is 4. The fraction of sp³-hybridized carbons (Fsp3) is 0.310. The summed E-state index contributed by atoms with van der Waals surface area (Å²) in [4.78, 5) is 25.2. The SMILES string of the molecule is C=C(/C(=C\C=C(/C)NC(=O)c1cncc(C#Cc2cnc3cccnn23)c1)CN1CC[C@@H](N(C)C)C1)C(F)(F)F. The van der Waals surface area contributed by atoms with Crippen molar-refractivity contribution in [1.82, 2.24) is 34.7 Å². The zero-order chi connectivity index (χ0) is 28.9. The van der Waals surface area contributed by atoms with Crippen molar-refractivity contribution in [2.45, 2.75) is 25.6 Å². The van der Waals surface area contributed by atoms with Gasteiger partial charge in [-0.2, -0.15) is 18.3 Å². The van der Waals surface area contributed by atoms with Crippen LogP contribution >= 0.6 is 0 Å². The summed E-state index contributed by atoms with van der Waals surface area (Å²) in [5.74, 6) is 5.47. The molecule has 0 unspecified atom stereocenters. The van der Waals surface area contributed by atoms with Gasteiger partial charge in [0.15, 0.2) is 5.65 Å². The highest BCUT2D eigenvalue weighted by molar-refractivity contribution is 5.95. The highest BCUT2D eigenvalue weighted by atomic mass is 19.4. The molecule has 1 aliphatic rings. The second-order valence-electron chi connectivity index (χ2n) is 9.76. The first-order valence-corrected chi connectivity index (χ1v) is 12.6. The predicted molar refractivity (Wildman–Crippen MR) is 146 cm³/mol. The molecule has 11 heteroatoms. The fourth-order valence-corrected chi connectivity index (χ4v) is 4.25. The maximum Gasteiger partial charge on any atom is 0.416 e. The van der Waals surface area contributed by atoms with Crippen LogP contribution in [0.5, 0.6) is 0 Å². The number of nitrogens with zero attached hydrogens (tertiary/aromatic N) is 6. The summed E-state index contributed by atoms with van der Waals surface area (Å²) >= 11 is 0. The summed E-state index contributed by atoms with van der Waals surface area (Å²) in [6.07, 6.45) is 5.32. The van der Waals surface area contributed by atoms with Crippen LogP contribution in [0.3, 0.4) is 0 Å². The number of hydrogen-bond donors (Lipinski definition) is 1. The van der Waals surface area contributed by atoms with E-state index in [9.17, 15) is 18.0 Å². The molecule has 1 fully saturated rings. The monoisotopic (exact) mass is 549 g/mol. The van der Waals surface area contributed by atoms with Crippen LogP contribution in [0.15, 0.2) is 78.6 Å². The number of hydrogen-bond acceptors (Lipinski definition) is 6. The van der Waals surface area contributed by atoms with Crippen LogP contribution in [0.25, 0.3) is 5.65 Å². The Balaban J connectivity index is 1.46. The van der Waals surface area contributed by atoms with E-state index in [4.69, 9.17) is 0 Å². The van der Waals surface area contributed by atoms with Crippen molar-refractivity contribution in [2.24, 2.45) is 0 Å². The summed E-state index contributed by atoms with van der Waals surface area (Å²) in [5, 5.41) is 6.91. The lowest BCUT2D eigenvalue weighted by Gasteiger charge is -2.22. The number of nitrogens with one attached hydrogen (secondary N) is 1. The molecule has 1 atom stereocenters. The zero-order valence-electron chi connectivity index (χ0n) is 22.5. The quantitative estimate of drug-likeness (QED) is 0.357. The number of likely N-dealkylation sites (N-methyl/N-ethyl adjacent to an activating group) is 1. The lowest BCUT2D eigenvalue weighted by Crippen LogP contribution is -2.33. The minimum absolute atomic E-state index is 0.0568. The number of halogens is 3. The predicted octanol–water partition coefficient (Wildman–Crippen LogP) is 3.84. The normalized spacial score (nSPS) is 16.7. The number of fused-ring (bicyclic) bond motifs is 1. The summed E-state index contributed by atoms with van der Waals surface area (Å²) in [6, 6.07) is 5.46. The van der Waals surface area contributed by atoms with Crippen molar-refractivity contribution in [3.8, 4) is 11.8 Å². The third-order valence-electron chi connectivity index (χ3n) is 6.56. The van der Waals surface area contributed by atoms with Gasteiger partial charge in [-0.1, -0.05) is 18.6 Å². The molecule has 0 saturated carbocycles. The van der Waals surface area contributed by atoms with E-state index in [0.717, 1.165) is 6.42 Å². The Labute approximate surface area is 230 Å². The van der Waals surface area contributed by atoms with Gasteiger partial charge >= 0.3 is 6.18 Å². The van der Waals surface area contributed by atoms with E-state index in [-0.39, 0.29) is 17.7 Å². The molecule has 1 saturated heterocycles. The number of rotatable bonds is 7. The third kappa shape index (κ3) is 7.22. The van der Waals surface area contributed by atoms with Gasteiger partial charge in [0, 0.05) is 55.5 Å². The third-order valence-corrected chi connectivity index (χ3v) is 6.56. The second-order valence-corrected chi connectivity index (χ2v) is 9.76. The van der Waals surface area contributed by atoms with E-state index < -0.39 is 17.7 Å². The molecular weight excluding hydrogens is 519 g/mol. The Bertz CT molecular complexity index is 1530. The van der Waals surface area contributed by atoms with Crippen molar-refractivity contribution in [3.63, 3.8) is 0 Å². The van der Waals surface area contributed by atoms with Crippen LogP contribution in [0.1, 0.15) is 35.0 Å². The van der Waals surface area contributed by atoms with Gasteiger partial charge in [-0.05, 0) is 63.2 Å². The molecule has 0 bridgehead atoms. The average Bonchev–Trinajstić information content (AvgIpc) is 3.56. The summed E-state index contributed by atoms with van der Waals surface area (Å²) in [6.45, 7) is 6.39. The van der Waals surface area contributed by atoms with Gasteiger partial charge in [0.05, 0.1) is 17.3 Å². The number of carbonyl (C=O) groups excluding carboxylic acids is 1. The molecule has 0 aromatic carbocycles. The van der Waals surface area contributed by atoms with Crippen LogP contribution in [0, 0.1) is 11.8 Å². The Morgan fingerprint density at radius 2 is 2.05 bits per heavy atom. The van der Waals surface area contributed by atoms with Crippen LogP contribution in [-0.4, -0.2) is 81.2 Å². The molecule has 40 heavy (non-hydrogen) atoms. The van der Waals surface area contributed by atoms with E-state index in [0.29, 0.717) is 41.7 Å². The molecule has 3 aromatic rings. The zero-order valence-corrected chi connectivity index (χ0v) is 22.5. The van der Waals surface area contributed by atoms with Crippen LogP contribution in [-0.2, 0) is 0 Å². The Kier molecular flexibility index (Phi) is 8.82. The van der Waals surface area contributed by atoms with Gasteiger partial charge in [0.25, 0.3) is 5.91 Å². The number of carbonyl (C=O) groups is 1. The first kappa shape index (κ1) is 28.7. The van der Waals surface area contributed by atoms with Crippen LogP contribution in [0.4, 0.5) is 13.2 Å². The largest absolute Gasteiger partial charge is 0.416 e. The van der Waals surface area contributed by atoms with Crippen molar-refractivity contribution in [1.29, 1.82) is 0 Å². The van der Waals surface area contributed by atoms with E-state index >= 15 is 0 Å². The first-order valence-electron chi connectivity index (χ1n) is 12.6. The maximum absolute atomic E-state index is 13.5. The number of alkyl halides is 3. The molecule has 1 aliphatic heterocycles. The number of imidazole rings is 1. The summed E-state index contributed by atoms with van der Waals surface area (Å²) in [5.41, 5.74) is 1.54. The number of likely N-dealkylation sites (tertiary alicyclic amines) is 1. The molecular formula is C29H30F3N7O. The molecule has 1 amide bonds. The Hall–Kier alpha value is -4.27. The van der Waals surface area contributed by atoms with Crippen molar-refractivity contribution < 1.29 is 18.0 Å². The molecule has 3 aromatic heterocycles. The molecule has 208 valence electrons. The smallest absolute Gasteiger partial charge is 0.326 e. The topological polar surface area (TPSA) is 78.7 Å². The van der Waals surface area contributed by atoms with E-state index in [1.807, 2.05) is 25.1 Å². The number of amides is 1. The van der Waals surface area contributed by atoms with Gasteiger partial charge < -0.3 is 10.2 Å². The van der Waals surface area contributed by atoms with Crippen molar-refractivity contribution in [2.75, 3.05) is 33.7 Å². The molecule has 1 N–H and O–H groups in total. The molecule has 0 aliphatic carbocycles. The molecule has 8 nitrogen and oxygen atoms in total. The van der Waals surface area contributed by atoms with E-state index in [1.54, 1.807) is 36.0 Å². The van der Waals surface area contributed by atoms with E-state index in [2.05, 4.69) is 43.7 Å². The van der Waals surface area contributed by atoms with Gasteiger partial charge in [0.1, 0.15) is 5.69 Å². The minimum atomic E-state index is -4.55. The highest BCUT2D eigenvalue weighted by Crippen LogP contribution is 2.31. The standard InChI is InChI=1S/C29H30F3N7O/c1-20(7-9-23(21(2)29(30,31)32)18-38-13-11-26(19-38)37(3)4)36-28(40)24-14-22(15-33-16-24)8-10-25-17-34-27-6-5-12-35-39(25)27/h5-7,9,12,14-17,26H,2,11,13,18-19H2,1,3-4H3,(H,36,40)/b20-7+,23-9-/t26-/m1/s1. The van der Waals surface area contributed by atoms with Gasteiger partial charge in [-0.15, -0.1) is 0 Å².